The molecule has 2 aromatic rings. The number of hydrazine groups is 1. The van der Waals surface area contributed by atoms with Gasteiger partial charge in [-0.15, -0.1) is 0 Å². The van der Waals surface area contributed by atoms with Gasteiger partial charge in [-0.1, -0.05) is 60.7 Å². The van der Waals surface area contributed by atoms with Gasteiger partial charge in [-0.3, -0.25) is 15.6 Å². The van der Waals surface area contributed by atoms with Gasteiger partial charge in [0, 0.05) is 50.5 Å². The Morgan fingerprint density at radius 2 is 1.71 bits per heavy atom. The molecule has 2 fully saturated rings. The quantitative estimate of drug-likeness (QED) is 0.721. The molecule has 2 aliphatic rings. The Morgan fingerprint density at radius 1 is 1.07 bits per heavy atom. The van der Waals surface area contributed by atoms with Gasteiger partial charge in [0.15, 0.2) is 0 Å². The Kier molecular flexibility index (Phi) is 6.05. The number of hydrogen-bond donors (Lipinski definition) is 3. The monoisotopic (exact) mass is 378 g/mol. The van der Waals surface area contributed by atoms with Gasteiger partial charge in [0.25, 0.3) is 0 Å². The minimum atomic E-state index is 0.0465. The Bertz CT molecular complexity index is 727. The third-order valence-electron chi connectivity index (χ3n) is 6.12. The molecule has 0 aliphatic carbocycles. The largest absolute Gasteiger partial charge is 0.355 e. The Balaban J connectivity index is 1.54. The predicted octanol–water partition coefficient (Wildman–Crippen LogP) is 2.12. The summed E-state index contributed by atoms with van der Waals surface area (Å²) in [4.78, 5) is 13.7. The van der Waals surface area contributed by atoms with Gasteiger partial charge in [-0.05, 0) is 24.1 Å². The average Bonchev–Trinajstić information content (AvgIpc) is 3.13. The number of likely N-dealkylation sites (tertiary alicyclic amines) is 1. The average molecular weight is 379 g/mol. The van der Waals surface area contributed by atoms with Crippen molar-refractivity contribution in [2.24, 2.45) is 5.92 Å². The summed E-state index contributed by atoms with van der Waals surface area (Å²) in [5, 5.41) is 2.93. The topological polar surface area (TPSA) is 56.4 Å². The van der Waals surface area contributed by atoms with E-state index in [1.165, 1.54) is 11.1 Å². The lowest BCUT2D eigenvalue weighted by atomic mass is 9.76. The van der Waals surface area contributed by atoms with Crippen LogP contribution in [0.25, 0.3) is 0 Å². The molecule has 3 N–H and O–H groups in total. The minimum Gasteiger partial charge on any atom is -0.355 e. The molecular weight excluding hydrogens is 348 g/mol. The molecule has 148 valence electrons. The van der Waals surface area contributed by atoms with E-state index < -0.39 is 0 Å². The number of carbonyl (C=O) groups is 1. The van der Waals surface area contributed by atoms with Crippen LogP contribution in [-0.2, 0) is 4.79 Å². The van der Waals surface area contributed by atoms with Crippen molar-refractivity contribution in [1.82, 2.24) is 21.1 Å². The number of nitrogens with zero attached hydrogens (tertiary/aromatic N) is 1. The molecule has 2 aliphatic heterocycles. The highest BCUT2D eigenvalue weighted by Crippen LogP contribution is 2.36. The first-order chi connectivity index (χ1) is 13.7. The van der Waals surface area contributed by atoms with Crippen molar-refractivity contribution in [3.63, 3.8) is 0 Å². The fourth-order valence-corrected chi connectivity index (χ4v) is 4.76. The second kappa shape index (κ2) is 8.86. The number of carbonyl (C=O) groups excluding carboxylic acids is 1. The zero-order valence-corrected chi connectivity index (χ0v) is 16.5. The molecule has 2 aromatic carbocycles. The van der Waals surface area contributed by atoms with E-state index in [-0.39, 0.29) is 5.91 Å². The van der Waals surface area contributed by atoms with Crippen LogP contribution in [0.15, 0.2) is 60.7 Å². The smallest absolute Gasteiger partial charge is 0.216 e. The molecule has 3 unspecified atom stereocenters. The summed E-state index contributed by atoms with van der Waals surface area (Å²) in [6.45, 7) is 5.34. The van der Waals surface area contributed by atoms with E-state index in [0.717, 1.165) is 32.6 Å². The summed E-state index contributed by atoms with van der Waals surface area (Å²) in [6.07, 6.45) is 1.13. The molecule has 1 amide bonds. The zero-order valence-electron chi connectivity index (χ0n) is 16.5. The molecular formula is C23H30N4O. The molecule has 0 radical (unpaired) electrons. The summed E-state index contributed by atoms with van der Waals surface area (Å²) >= 11 is 0. The molecule has 0 aromatic heterocycles. The van der Waals surface area contributed by atoms with Crippen LogP contribution in [0.3, 0.4) is 0 Å². The first-order valence-electron chi connectivity index (χ1n) is 10.3. The maximum absolute atomic E-state index is 11.2. The summed E-state index contributed by atoms with van der Waals surface area (Å²) in [5.74, 6) is 0.877. The fraction of sp³-hybridized carbons (Fsp3) is 0.435. The number of benzene rings is 2. The van der Waals surface area contributed by atoms with Crippen LogP contribution in [0.1, 0.15) is 30.4 Å². The van der Waals surface area contributed by atoms with E-state index in [2.05, 4.69) is 81.7 Å². The van der Waals surface area contributed by atoms with Crippen LogP contribution in [0.2, 0.25) is 0 Å². The van der Waals surface area contributed by atoms with Crippen LogP contribution in [0.5, 0.6) is 0 Å². The van der Waals surface area contributed by atoms with Gasteiger partial charge < -0.3 is 10.2 Å². The van der Waals surface area contributed by atoms with E-state index in [9.17, 15) is 4.79 Å². The summed E-state index contributed by atoms with van der Waals surface area (Å²) in [6, 6.07) is 22.5. The molecule has 0 spiro atoms. The number of hydrogen-bond acceptors (Lipinski definition) is 4. The number of piperidine rings is 1. The normalized spacial score (nSPS) is 24.9. The first kappa shape index (κ1) is 19.1. The van der Waals surface area contributed by atoms with E-state index in [1.807, 2.05) is 0 Å². The van der Waals surface area contributed by atoms with Gasteiger partial charge in [-0.2, -0.15) is 0 Å². The molecule has 2 heterocycles. The second-order valence-electron chi connectivity index (χ2n) is 7.96. The zero-order chi connectivity index (χ0) is 19.3. The van der Waals surface area contributed by atoms with Crippen LogP contribution in [-0.4, -0.2) is 49.1 Å². The Labute approximate surface area is 167 Å². The van der Waals surface area contributed by atoms with Crippen molar-refractivity contribution in [3.05, 3.63) is 71.8 Å². The predicted molar refractivity (Wildman–Crippen MR) is 112 cm³/mol. The molecule has 4 rings (SSSR count). The van der Waals surface area contributed by atoms with Crippen molar-refractivity contribution in [2.75, 3.05) is 26.2 Å². The van der Waals surface area contributed by atoms with E-state index in [0.29, 0.717) is 23.9 Å². The van der Waals surface area contributed by atoms with Crippen LogP contribution in [0, 0.1) is 5.92 Å². The lowest BCUT2D eigenvalue weighted by Gasteiger charge is -2.38. The lowest BCUT2D eigenvalue weighted by molar-refractivity contribution is -0.119. The molecule has 28 heavy (non-hydrogen) atoms. The van der Waals surface area contributed by atoms with Gasteiger partial charge in [-0.25, -0.2) is 0 Å². The van der Waals surface area contributed by atoms with E-state index in [1.54, 1.807) is 6.92 Å². The second-order valence-corrected chi connectivity index (χ2v) is 7.96. The van der Waals surface area contributed by atoms with Crippen LogP contribution in [0.4, 0.5) is 0 Å². The molecule has 2 saturated heterocycles. The fourth-order valence-electron chi connectivity index (χ4n) is 4.76. The number of nitrogens with one attached hydrogen (secondary N) is 3. The maximum atomic E-state index is 11.2. The number of amides is 1. The number of rotatable bonds is 6. The van der Waals surface area contributed by atoms with E-state index >= 15 is 0 Å². The molecule has 0 bridgehead atoms. The van der Waals surface area contributed by atoms with Crippen molar-refractivity contribution in [1.29, 1.82) is 0 Å². The number of fused-ring (bicyclic) bond motifs is 1. The van der Waals surface area contributed by atoms with E-state index in [4.69, 9.17) is 0 Å². The highest BCUT2D eigenvalue weighted by Gasteiger charge is 2.43. The molecule has 5 nitrogen and oxygen atoms in total. The van der Waals surface area contributed by atoms with Gasteiger partial charge >= 0.3 is 0 Å². The van der Waals surface area contributed by atoms with Crippen LogP contribution < -0.4 is 16.2 Å². The summed E-state index contributed by atoms with van der Waals surface area (Å²) in [7, 11) is 0. The van der Waals surface area contributed by atoms with Crippen molar-refractivity contribution in [3.8, 4) is 0 Å². The molecule has 3 atom stereocenters. The van der Waals surface area contributed by atoms with Crippen molar-refractivity contribution >= 4 is 5.91 Å². The maximum Gasteiger partial charge on any atom is 0.216 e. The summed E-state index contributed by atoms with van der Waals surface area (Å²) < 4.78 is 0. The van der Waals surface area contributed by atoms with Gasteiger partial charge in [0.1, 0.15) is 0 Å². The third kappa shape index (κ3) is 4.27. The van der Waals surface area contributed by atoms with Gasteiger partial charge in [0.05, 0.1) is 0 Å². The van der Waals surface area contributed by atoms with Crippen molar-refractivity contribution < 1.29 is 4.79 Å². The first-order valence-corrected chi connectivity index (χ1v) is 10.3. The lowest BCUT2D eigenvalue weighted by Crippen LogP contribution is -2.49. The Hall–Kier alpha value is -2.21. The molecule has 0 saturated carbocycles. The summed E-state index contributed by atoms with van der Waals surface area (Å²) in [5.41, 5.74) is 9.92. The van der Waals surface area contributed by atoms with Crippen molar-refractivity contribution in [2.45, 2.75) is 31.3 Å². The molecule has 5 heteroatoms. The highest BCUT2D eigenvalue weighted by molar-refractivity contribution is 5.72. The highest BCUT2D eigenvalue weighted by atomic mass is 16.1. The Morgan fingerprint density at radius 3 is 2.32 bits per heavy atom. The minimum absolute atomic E-state index is 0.0465. The SMILES string of the molecule is CC(=O)NCCN1CCC2NNC(C(c3ccccc3)c3ccccc3)C2C1. The van der Waals surface area contributed by atoms with Gasteiger partial charge in [0.2, 0.25) is 5.91 Å². The third-order valence-corrected chi connectivity index (χ3v) is 6.12. The standard InChI is InChI=1S/C23H30N4O/c1-17(28)24-13-15-27-14-12-21-20(16-27)23(26-25-21)22(18-8-4-2-5-9-18)19-10-6-3-7-11-19/h2-11,20-23,25-26H,12-16H2,1H3,(H,24,28). The van der Waals surface area contributed by atoms with Crippen LogP contribution >= 0.6 is 0 Å².